The summed E-state index contributed by atoms with van der Waals surface area (Å²) in [5, 5.41) is 6.32. The predicted molar refractivity (Wildman–Crippen MR) is 108 cm³/mol. The lowest BCUT2D eigenvalue weighted by Gasteiger charge is -2.08. The van der Waals surface area contributed by atoms with Crippen molar-refractivity contribution in [2.24, 2.45) is 0 Å². The second-order valence-electron chi connectivity index (χ2n) is 6.21. The first-order chi connectivity index (χ1) is 13.0. The maximum absolute atomic E-state index is 12.4. The predicted octanol–water partition coefficient (Wildman–Crippen LogP) is 4.83. The Morgan fingerprint density at radius 2 is 1.48 bits per heavy atom. The highest BCUT2D eigenvalue weighted by Gasteiger charge is 2.11. The van der Waals surface area contributed by atoms with Crippen LogP contribution < -0.4 is 10.6 Å². The first-order valence-electron chi connectivity index (χ1n) is 8.52. The maximum Gasteiger partial charge on any atom is 0.255 e. The molecule has 0 radical (unpaired) electrons. The summed E-state index contributed by atoms with van der Waals surface area (Å²) >= 11 is 5.86. The number of carbonyl (C=O) groups is 2. The van der Waals surface area contributed by atoms with Gasteiger partial charge in [-0.2, -0.15) is 0 Å². The molecule has 0 saturated heterocycles. The summed E-state index contributed by atoms with van der Waals surface area (Å²) in [7, 11) is 0. The van der Waals surface area contributed by atoms with Crippen molar-refractivity contribution in [1.29, 1.82) is 0 Å². The fraction of sp³-hybridized carbons (Fsp3) is 0.0909. The van der Waals surface area contributed by atoms with Gasteiger partial charge >= 0.3 is 0 Å². The van der Waals surface area contributed by atoms with Crippen LogP contribution in [0.25, 0.3) is 0 Å². The van der Waals surface area contributed by atoms with E-state index in [0.29, 0.717) is 28.4 Å². The second-order valence-corrected chi connectivity index (χ2v) is 6.65. The molecule has 5 heteroatoms. The lowest BCUT2D eigenvalue weighted by atomic mass is 10.1. The first kappa shape index (κ1) is 18.7. The number of rotatable bonds is 5. The Labute approximate surface area is 163 Å². The Kier molecular flexibility index (Phi) is 5.89. The topological polar surface area (TPSA) is 58.2 Å². The summed E-state index contributed by atoms with van der Waals surface area (Å²) in [6.07, 6.45) is 0. The molecule has 0 fully saturated rings. The number of carbonyl (C=O) groups excluding carboxylic acids is 2. The number of hydrogen-bond acceptors (Lipinski definition) is 2. The third-order valence-electron chi connectivity index (χ3n) is 4.06. The van der Waals surface area contributed by atoms with Gasteiger partial charge in [0.15, 0.2) is 0 Å². The molecule has 136 valence electrons. The number of anilines is 1. The zero-order chi connectivity index (χ0) is 19.2. The van der Waals surface area contributed by atoms with Gasteiger partial charge in [-0.1, -0.05) is 47.5 Å². The van der Waals surface area contributed by atoms with Gasteiger partial charge in [0.2, 0.25) is 0 Å². The molecule has 0 aliphatic heterocycles. The summed E-state index contributed by atoms with van der Waals surface area (Å²) in [5.74, 6) is -0.499. The van der Waals surface area contributed by atoms with Crippen molar-refractivity contribution < 1.29 is 9.59 Å². The number of aryl methyl sites for hydroxylation is 1. The zero-order valence-electron chi connectivity index (χ0n) is 14.8. The molecule has 3 aromatic carbocycles. The zero-order valence-corrected chi connectivity index (χ0v) is 15.6. The summed E-state index contributed by atoms with van der Waals surface area (Å²) in [6, 6.07) is 21.4. The maximum atomic E-state index is 12.4. The highest BCUT2D eigenvalue weighted by atomic mass is 35.5. The lowest BCUT2D eigenvalue weighted by molar-refractivity contribution is 0.0951. The molecule has 27 heavy (non-hydrogen) atoms. The van der Waals surface area contributed by atoms with Crippen LogP contribution in [0, 0.1) is 6.92 Å². The Morgan fingerprint density at radius 3 is 2.15 bits per heavy atom. The van der Waals surface area contributed by atoms with Crippen molar-refractivity contribution in [1.82, 2.24) is 5.32 Å². The minimum Gasteiger partial charge on any atom is -0.348 e. The van der Waals surface area contributed by atoms with E-state index in [4.69, 9.17) is 11.6 Å². The average molecular weight is 379 g/mol. The van der Waals surface area contributed by atoms with Gasteiger partial charge in [-0.25, -0.2) is 0 Å². The third kappa shape index (κ3) is 5.19. The van der Waals surface area contributed by atoms with Crippen LogP contribution in [0.5, 0.6) is 0 Å². The summed E-state index contributed by atoms with van der Waals surface area (Å²) in [5.41, 5.74) is 3.63. The Balaban J connectivity index is 1.65. The molecule has 0 aliphatic carbocycles. The minimum atomic E-state index is -0.258. The van der Waals surface area contributed by atoms with Gasteiger partial charge in [-0.05, 0) is 55.0 Å². The first-order valence-corrected chi connectivity index (χ1v) is 8.90. The highest BCUT2D eigenvalue weighted by Crippen LogP contribution is 2.13. The number of halogens is 1. The van der Waals surface area contributed by atoms with E-state index in [1.165, 1.54) is 0 Å². The van der Waals surface area contributed by atoms with Crippen LogP contribution in [-0.4, -0.2) is 11.8 Å². The fourth-order valence-electron chi connectivity index (χ4n) is 2.53. The normalized spacial score (nSPS) is 10.3. The van der Waals surface area contributed by atoms with Crippen molar-refractivity contribution in [2.45, 2.75) is 13.5 Å². The van der Waals surface area contributed by atoms with Gasteiger partial charge in [0.05, 0.1) is 0 Å². The molecule has 0 unspecified atom stereocenters. The Morgan fingerprint density at radius 1 is 0.852 bits per heavy atom. The highest BCUT2D eigenvalue weighted by molar-refractivity contribution is 6.30. The third-order valence-corrected chi connectivity index (χ3v) is 4.31. The van der Waals surface area contributed by atoms with E-state index in [-0.39, 0.29) is 11.8 Å². The van der Waals surface area contributed by atoms with E-state index in [1.807, 2.05) is 43.3 Å². The second kappa shape index (κ2) is 8.52. The Hall–Kier alpha value is -3.11. The fourth-order valence-corrected chi connectivity index (χ4v) is 2.65. The number of benzene rings is 3. The van der Waals surface area contributed by atoms with Gasteiger partial charge < -0.3 is 10.6 Å². The standard InChI is InChI=1S/C22H19ClN2O2/c1-15-5-11-20(12-6-15)25-22(27)18-4-2-3-17(13-18)21(26)24-14-16-7-9-19(23)10-8-16/h2-13H,14H2,1H3,(H,24,26)(H,25,27). The molecule has 2 N–H and O–H groups in total. The molecular formula is C22H19ClN2O2. The molecule has 0 bridgehead atoms. The minimum absolute atomic E-state index is 0.241. The van der Waals surface area contributed by atoms with Gasteiger partial charge in [0.1, 0.15) is 0 Å². The van der Waals surface area contributed by atoms with E-state index < -0.39 is 0 Å². The van der Waals surface area contributed by atoms with E-state index in [0.717, 1.165) is 11.1 Å². The molecule has 3 aromatic rings. The van der Waals surface area contributed by atoms with Crippen molar-refractivity contribution in [3.05, 3.63) is 100 Å². The van der Waals surface area contributed by atoms with Gasteiger partial charge in [-0.3, -0.25) is 9.59 Å². The van der Waals surface area contributed by atoms with Crippen LogP contribution in [0.2, 0.25) is 5.02 Å². The lowest BCUT2D eigenvalue weighted by Crippen LogP contribution is -2.23. The van der Waals surface area contributed by atoms with E-state index in [1.54, 1.807) is 36.4 Å². The van der Waals surface area contributed by atoms with E-state index in [2.05, 4.69) is 10.6 Å². The summed E-state index contributed by atoms with van der Waals surface area (Å²) in [4.78, 5) is 24.8. The smallest absolute Gasteiger partial charge is 0.255 e. The Bertz CT molecular complexity index is 951. The SMILES string of the molecule is Cc1ccc(NC(=O)c2cccc(C(=O)NCc3ccc(Cl)cc3)c2)cc1. The van der Waals surface area contributed by atoms with Crippen LogP contribution in [0.3, 0.4) is 0 Å². The molecule has 0 atom stereocenters. The van der Waals surface area contributed by atoms with Crippen LogP contribution in [0.1, 0.15) is 31.8 Å². The molecule has 0 saturated carbocycles. The van der Waals surface area contributed by atoms with E-state index in [9.17, 15) is 9.59 Å². The largest absolute Gasteiger partial charge is 0.348 e. The van der Waals surface area contributed by atoms with Crippen LogP contribution in [0.4, 0.5) is 5.69 Å². The summed E-state index contributed by atoms with van der Waals surface area (Å²) in [6.45, 7) is 2.37. The van der Waals surface area contributed by atoms with Crippen molar-refractivity contribution in [2.75, 3.05) is 5.32 Å². The number of amides is 2. The molecule has 0 spiro atoms. The quantitative estimate of drug-likeness (QED) is 0.668. The van der Waals surface area contributed by atoms with Crippen molar-refractivity contribution >= 4 is 29.1 Å². The molecule has 3 rings (SSSR count). The van der Waals surface area contributed by atoms with Crippen LogP contribution >= 0.6 is 11.6 Å². The van der Waals surface area contributed by atoms with Crippen LogP contribution in [0.15, 0.2) is 72.8 Å². The van der Waals surface area contributed by atoms with Gasteiger partial charge in [0, 0.05) is 28.4 Å². The monoisotopic (exact) mass is 378 g/mol. The van der Waals surface area contributed by atoms with Gasteiger partial charge in [0.25, 0.3) is 11.8 Å². The van der Waals surface area contributed by atoms with Crippen molar-refractivity contribution in [3.63, 3.8) is 0 Å². The summed E-state index contributed by atoms with van der Waals surface area (Å²) < 4.78 is 0. The number of nitrogens with one attached hydrogen (secondary N) is 2. The van der Waals surface area contributed by atoms with Crippen molar-refractivity contribution in [3.8, 4) is 0 Å². The molecule has 0 aromatic heterocycles. The molecule has 0 aliphatic rings. The number of hydrogen-bond donors (Lipinski definition) is 2. The molecule has 0 heterocycles. The van der Waals surface area contributed by atoms with Gasteiger partial charge in [-0.15, -0.1) is 0 Å². The average Bonchev–Trinajstić information content (AvgIpc) is 2.69. The molecule has 4 nitrogen and oxygen atoms in total. The molecule has 2 amide bonds. The van der Waals surface area contributed by atoms with Crippen LogP contribution in [-0.2, 0) is 6.54 Å². The van der Waals surface area contributed by atoms with E-state index >= 15 is 0 Å². The molecular weight excluding hydrogens is 360 g/mol.